The zero-order chi connectivity index (χ0) is 14.5. The van der Waals surface area contributed by atoms with Gasteiger partial charge in [0.25, 0.3) is 5.95 Å². The van der Waals surface area contributed by atoms with Gasteiger partial charge in [0.2, 0.25) is 0 Å². The Hall–Kier alpha value is -2.22. The van der Waals surface area contributed by atoms with Crippen molar-refractivity contribution in [3.63, 3.8) is 0 Å². The molecule has 9 heteroatoms. The fourth-order valence-corrected chi connectivity index (χ4v) is 1.92. The topological polar surface area (TPSA) is 100 Å². The first-order chi connectivity index (χ1) is 9.65. The first kappa shape index (κ1) is 14.2. The molecule has 0 saturated carbocycles. The summed E-state index contributed by atoms with van der Waals surface area (Å²) < 4.78 is 10.7. The van der Waals surface area contributed by atoms with E-state index < -0.39 is 0 Å². The number of nitrogens with one attached hydrogen (secondary N) is 1. The summed E-state index contributed by atoms with van der Waals surface area (Å²) in [5.74, 6) is 1.28. The largest absolute Gasteiger partial charge is 0.493 e. The second-order valence-electron chi connectivity index (χ2n) is 3.83. The molecule has 0 aliphatic carbocycles. The number of rotatable bonds is 6. The van der Waals surface area contributed by atoms with Crippen molar-refractivity contribution in [3.05, 3.63) is 22.7 Å². The van der Waals surface area contributed by atoms with Crippen LogP contribution in [0.2, 0.25) is 5.02 Å². The minimum absolute atomic E-state index is 0.175. The zero-order valence-corrected chi connectivity index (χ0v) is 11.9. The molecule has 3 N–H and O–H groups in total. The Morgan fingerprint density at radius 3 is 2.85 bits per heavy atom. The highest BCUT2D eigenvalue weighted by molar-refractivity contribution is 6.32. The summed E-state index contributed by atoms with van der Waals surface area (Å²) in [6.07, 6.45) is 0. The number of anilines is 1. The number of aromatic nitrogens is 4. The van der Waals surface area contributed by atoms with Gasteiger partial charge >= 0.3 is 0 Å². The van der Waals surface area contributed by atoms with E-state index in [4.69, 9.17) is 26.8 Å². The van der Waals surface area contributed by atoms with Gasteiger partial charge in [0.1, 0.15) is 0 Å². The van der Waals surface area contributed by atoms with Crippen LogP contribution in [0.25, 0.3) is 0 Å². The summed E-state index contributed by atoms with van der Waals surface area (Å²) in [6, 6.07) is 3.60. The highest BCUT2D eigenvalue weighted by Gasteiger charge is 2.12. The van der Waals surface area contributed by atoms with E-state index >= 15 is 0 Å². The number of tetrazole rings is 1. The molecular formula is C11H15ClN6O2. The maximum Gasteiger partial charge on any atom is 0.260 e. The summed E-state index contributed by atoms with van der Waals surface area (Å²) in [6.45, 7) is 2.82. The number of hydrogen-bond donors (Lipinski definition) is 2. The van der Waals surface area contributed by atoms with E-state index in [-0.39, 0.29) is 5.95 Å². The van der Waals surface area contributed by atoms with E-state index in [1.54, 1.807) is 13.2 Å². The van der Waals surface area contributed by atoms with Gasteiger partial charge in [0.15, 0.2) is 11.5 Å². The molecule has 0 radical (unpaired) electrons. The molecule has 0 fully saturated rings. The van der Waals surface area contributed by atoms with Crippen LogP contribution >= 0.6 is 11.6 Å². The minimum Gasteiger partial charge on any atom is -0.493 e. The maximum atomic E-state index is 6.18. The van der Waals surface area contributed by atoms with Crippen LogP contribution in [0.15, 0.2) is 12.1 Å². The van der Waals surface area contributed by atoms with Crippen molar-refractivity contribution >= 4 is 17.5 Å². The lowest BCUT2D eigenvalue weighted by atomic mass is 10.2. The van der Waals surface area contributed by atoms with Crippen molar-refractivity contribution in [2.24, 2.45) is 0 Å². The molecule has 2 aromatic rings. The van der Waals surface area contributed by atoms with Gasteiger partial charge in [0, 0.05) is 0 Å². The summed E-state index contributed by atoms with van der Waals surface area (Å²) in [4.78, 5) is 1.27. The van der Waals surface area contributed by atoms with Crippen LogP contribution in [-0.4, -0.2) is 34.0 Å². The van der Waals surface area contributed by atoms with Crippen molar-refractivity contribution in [2.45, 2.75) is 13.5 Å². The molecule has 0 bridgehead atoms. The molecule has 1 heterocycles. The lowest BCUT2D eigenvalue weighted by molar-refractivity contribution is 0.311. The van der Waals surface area contributed by atoms with Crippen LogP contribution in [0, 0.1) is 0 Å². The number of ether oxygens (including phenoxy) is 2. The van der Waals surface area contributed by atoms with Crippen LogP contribution in [0.3, 0.4) is 0 Å². The Morgan fingerprint density at radius 2 is 2.25 bits per heavy atom. The van der Waals surface area contributed by atoms with Crippen molar-refractivity contribution in [3.8, 4) is 11.5 Å². The average Bonchev–Trinajstić information content (AvgIpc) is 2.84. The van der Waals surface area contributed by atoms with Crippen LogP contribution in [0.5, 0.6) is 11.5 Å². The van der Waals surface area contributed by atoms with Gasteiger partial charge in [-0.3, -0.25) is 0 Å². The summed E-state index contributed by atoms with van der Waals surface area (Å²) in [7, 11) is 1.56. The summed E-state index contributed by atoms with van der Waals surface area (Å²) >= 11 is 6.18. The third-order valence-corrected chi connectivity index (χ3v) is 2.79. The Balaban J connectivity index is 2.16. The third-order valence-electron chi connectivity index (χ3n) is 2.50. The molecule has 20 heavy (non-hydrogen) atoms. The maximum absolute atomic E-state index is 6.18. The molecule has 0 saturated heterocycles. The number of hydrogen-bond acceptors (Lipinski definition) is 7. The molecule has 1 aromatic heterocycles. The molecule has 108 valence electrons. The summed E-state index contributed by atoms with van der Waals surface area (Å²) in [5.41, 5.74) is 9.37. The smallest absolute Gasteiger partial charge is 0.260 e. The Kier molecular flexibility index (Phi) is 4.46. The molecule has 1 aromatic carbocycles. The predicted molar refractivity (Wildman–Crippen MR) is 74.5 cm³/mol. The molecule has 0 aliphatic heterocycles. The van der Waals surface area contributed by atoms with E-state index in [1.165, 1.54) is 4.79 Å². The number of nitrogens with zero attached hydrogens (tertiary/aromatic N) is 4. The van der Waals surface area contributed by atoms with E-state index in [0.717, 1.165) is 5.56 Å². The van der Waals surface area contributed by atoms with E-state index in [0.29, 0.717) is 29.7 Å². The second-order valence-corrected chi connectivity index (χ2v) is 4.23. The quantitative estimate of drug-likeness (QED) is 0.822. The number of benzene rings is 1. The lowest BCUT2D eigenvalue weighted by Gasteiger charge is -2.13. The SMILES string of the molecule is CCOc1c(Cl)cc(CNn2nnnc2N)cc1OC. The molecule has 0 atom stereocenters. The standard InChI is InChI=1S/C11H15ClN6O2/c1-3-20-10-8(12)4-7(5-9(10)19-2)6-14-18-11(13)15-16-17-18/h4-5,14H,3,6H2,1-2H3,(H2,13,15,17). The van der Waals surface area contributed by atoms with Crippen LogP contribution in [0.4, 0.5) is 5.95 Å². The first-order valence-corrected chi connectivity index (χ1v) is 6.30. The molecule has 0 amide bonds. The van der Waals surface area contributed by atoms with Crippen molar-refractivity contribution < 1.29 is 9.47 Å². The van der Waals surface area contributed by atoms with E-state index in [1.807, 2.05) is 13.0 Å². The van der Waals surface area contributed by atoms with Crippen molar-refractivity contribution in [1.29, 1.82) is 0 Å². The van der Waals surface area contributed by atoms with Gasteiger partial charge in [0.05, 0.1) is 25.3 Å². The zero-order valence-electron chi connectivity index (χ0n) is 11.1. The highest BCUT2D eigenvalue weighted by Crippen LogP contribution is 2.36. The predicted octanol–water partition coefficient (Wildman–Crippen LogP) is 1.06. The number of nitrogen functional groups attached to an aromatic ring is 1. The molecule has 0 spiro atoms. The Morgan fingerprint density at radius 1 is 1.45 bits per heavy atom. The molecule has 8 nitrogen and oxygen atoms in total. The van der Waals surface area contributed by atoms with E-state index in [2.05, 4.69) is 21.0 Å². The third kappa shape index (κ3) is 3.02. The molecule has 2 rings (SSSR count). The Bertz CT molecular complexity index is 588. The summed E-state index contributed by atoms with van der Waals surface area (Å²) in [5, 5.41) is 11.1. The highest BCUT2D eigenvalue weighted by atomic mass is 35.5. The Labute approximate surface area is 120 Å². The van der Waals surface area contributed by atoms with Gasteiger partial charge in [-0.1, -0.05) is 16.7 Å². The molecule has 0 aliphatic rings. The van der Waals surface area contributed by atoms with Crippen molar-refractivity contribution in [1.82, 2.24) is 20.3 Å². The second kappa shape index (κ2) is 6.29. The average molecular weight is 299 g/mol. The van der Waals surface area contributed by atoms with Gasteiger partial charge < -0.3 is 20.6 Å². The van der Waals surface area contributed by atoms with Crippen LogP contribution in [0.1, 0.15) is 12.5 Å². The van der Waals surface area contributed by atoms with Crippen LogP contribution in [-0.2, 0) is 6.54 Å². The van der Waals surface area contributed by atoms with Gasteiger partial charge in [-0.25, -0.2) is 0 Å². The monoisotopic (exact) mass is 298 g/mol. The fraction of sp³-hybridized carbons (Fsp3) is 0.364. The first-order valence-electron chi connectivity index (χ1n) is 5.92. The van der Waals surface area contributed by atoms with Gasteiger partial charge in [-0.15, -0.1) is 4.79 Å². The number of halogens is 1. The van der Waals surface area contributed by atoms with Crippen LogP contribution < -0.4 is 20.6 Å². The molecule has 0 unspecified atom stereocenters. The minimum atomic E-state index is 0.175. The fourth-order valence-electron chi connectivity index (χ4n) is 1.63. The normalized spacial score (nSPS) is 10.3. The molecular weight excluding hydrogens is 284 g/mol. The van der Waals surface area contributed by atoms with Crippen molar-refractivity contribution in [2.75, 3.05) is 24.9 Å². The van der Waals surface area contributed by atoms with Gasteiger partial charge in [-0.2, -0.15) is 0 Å². The van der Waals surface area contributed by atoms with Gasteiger partial charge in [-0.05, 0) is 35.0 Å². The number of nitrogens with two attached hydrogens (primary N) is 1. The lowest BCUT2D eigenvalue weighted by Crippen LogP contribution is -2.18. The van der Waals surface area contributed by atoms with E-state index in [9.17, 15) is 0 Å². The number of methoxy groups -OCH3 is 1.